The van der Waals surface area contributed by atoms with Crippen molar-refractivity contribution in [3.8, 4) is 5.75 Å². The zero-order chi connectivity index (χ0) is 21.1. The zero-order valence-electron chi connectivity index (χ0n) is 16.7. The van der Waals surface area contributed by atoms with Crippen molar-refractivity contribution in [3.63, 3.8) is 0 Å². The van der Waals surface area contributed by atoms with E-state index < -0.39 is 11.7 Å². The van der Waals surface area contributed by atoms with E-state index in [9.17, 15) is 13.2 Å². The van der Waals surface area contributed by atoms with Gasteiger partial charge in [0.2, 0.25) is 0 Å². The fourth-order valence-corrected chi connectivity index (χ4v) is 3.77. The first-order valence-electron chi connectivity index (χ1n) is 9.91. The number of likely N-dealkylation sites (tertiary alicyclic amines) is 1. The molecular formula is C21H24F3N5O. The zero-order valence-corrected chi connectivity index (χ0v) is 16.7. The van der Waals surface area contributed by atoms with E-state index in [1.807, 2.05) is 24.1 Å². The van der Waals surface area contributed by atoms with Crippen LogP contribution in [0.4, 0.5) is 13.2 Å². The van der Waals surface area contributed by atoms with Gasteiger partial charge in [0.15, 0.2) is 0 Å². The highest BCUT2D eigenvalue weighted by atomic mass is 19.4. The molecule has 160 valence electrons. The van der Waals surface area contributed by atoms with Crippen LogP contribution in [0.2, 0.25) is 0 Å². The quantitative estimate of drug-likeness (QED) is 0.633. The highest BCUT2D eigenvalue weighted by Crippen LogP contribution is 2.30. The molecule has 0 radical (unpaired) electrons. The Bertz CT molecular complexity index is 964. The molecule has 4 rings (SSSR count). The number of hydrogen-bond donors (Lipinski definition) is 1. The molecule has 1 N–H and O–H groups in total. The van der Waals surface area contributed by atoms with Crippen molar-refractivity contribution in [3.05, 3.63) is 65.2 Å². The Hall–Kier alpha value is -2.81. The van der Waals surface area contributed by atoms with Gasteiger partial charge in [0.1, 0.15) is 5.75 Å². The molecule has 3 heterocycles. The number of hydrogen-bond acceptors (Lipinski definition) is 4. The van der Waals surface area contributed by atoms with Crippen molar-refractivity contribution in [2.24, 2.45) is 7.05 Å². The summed E-state index contributed by atoms with van der Waals surface area (Å²) < 4.78 is 45.2. The molecule has 1 fully saturated rings. The average molecular weight is 419 g/mol. The molecule has 30 heavy (non-hydrogen) atoms. The van der Waals surface area contributed by atoms with Crippen molar-refractivity contribution in [2.45, 2.75) is 31.5 Å². The van der Waals surface area contributed by atoms with Crippen molar-refractivity contribution in [1.82, 2.24) is 24.9 Å². The predicted octanol–water partition coefficient (Wildman–Crippen LogP) is 3.77. The number of rotatable bonds is 7. The van der Waals surface area contributed by atoms with Crippen LogP contribution in [0.15, 0.2) is 42.7 Å². The van der Waals surface area contributed by atoms with Gasteiger partial charge in [-0.15, -0.1) is 0 Å². The maximum atomic E-state index is 12.6. The van der Waals surface area contributed by atoms with Gasteiger partial charge in [-0.25, -0.2) is 0 Å². The van der Waals surface area contributed by atoms with Gasteiger partial charge < -0.3 is 4.74 Å². The molecular weight excluding hydrogens is 395 g/mol. The average Bonchev–Trinajstić information content (AvgIpc) is 3.43. The van der Waals surface area contributed by atoms with E-state index in [1.165, 1.54) is 17.7 Å². The Morgan fingerprint density at radius 3 is 2.73 bits per heavy atom. The molecule has 0 unspecified atom stereocenters. The summed E-state index contributed by atoms with van der Waals surface area (Å²) in [4.78, 5) is 2.41. The first-order valence-corrected chi connectivity index (χ1v) is 9.91. The summed E-state index contributed by atoms with van der Waals surface area (Å²) >= 11 is 0. The largest absolute Gasteiger partial charge is 0.493 e. The van der Waals surface area contributed by atoms with Gasteiger partial charge in [-0.2, -0.15) is 23.4 Å². The third kappa shape index (κ3) is 5.02. The first-order chi connectivity index (χ1) is 14.4. The highest BCUT2D eigenvalue weighted by molar-refractivity contribution is 5.29. The van der Waals surface area contributed by atoms with E-state index in [-0.39, 0.29) is 0 Å². The number of aromatic amines is 1. The molecule has 0 aliphatic carbocycles. The van der Waals surface area contributed by atoms with Gasteiger partial charge in [-0.05, 0) is 43.3 Å². The SMILES string of the molecule is Cn1cc(CN2CC[C@H](c3cc(CCOc4ccc(C(F)(F)F)cc4)[nH]n3)C2)cn1. The number of alkyl halides is 3. The van der Waals surface area contributed by atoms with Crippen molar-refractivity contribution < 1.29 is 17.9 Å². The van der Waals surface area contributed by atoms with Crippen LogP contribution < -0.4 is 4.74 Å². The van der Waals surface area contributed by atoms with Crippen LogP contribution in [0.3, 0.4) is 0 Å². The number of halogens is 3. The molecule has 0 amide bonds. The van der Waals surface area contributed by atoms with Crippen molar-refractivity contribution in [2.75, 3.05) is 19.7 Å². The molecule has 1 aliphatic heterocycles. The number of ether oxygens (including phenoxy) is 1. The molecule has 1 atom stereocenters. The number of aryl methyl sites for hydroxylation is 1. The first kappa shape index (κ1) is 20.5. The molecule has 0 bridgehead atoms. The van der Waals surface area contributed by atoms with Gasteiger partial charge in [0, 0.05) is 49.9 Å². The molecule has 1 aliphatic rings. The van der Waals surface area contributed by atoms with E-state index in [0.717, 1.165) is 49.6 Å². The summed E-state index contributed by atoms with van der Waals surface area (Å²) in [5, 5.41) is 11.7. The van der Waals surface area contributed by atoms with Crippen molar-refractivity contribution in [1.29, 1.82) is 0 Å². The fourth-order valence-electron chi connectivity index (χ4n) is 3.77. The standard InChI is InChI=1S/C21H24F3N5O/c1-28-12-15(11-25-28)13-29-8-6-16(14-29)20-10-18(26-27-20)7-9-30-19-4-2-17(3-5-19)21(22,23)24/h2-5,10-12,16H,6-9,13-14H2,1H3,(H,26,27)/t16-/m0/s1. The van der Waals surface area contributed by atoms with E-state index in [4.69, 9.17) is 4.74 Å². The number of nitrogens with zero attached hydrogens (tertiary/aromatic N) is 4. The number of aromatic nitrogens is 4. The Morgan fingerprint density at radius 1 is 1.23 bits per heavy atom. The number of H-pyrrole nitrogens is 1. The van der Waals surface area contributed by atoms with Gasteiger partial charge >= 0.3 is 6.18 Å². The monoisotopic (exact) mass is 419 g/mol. The van der Waals surface area contributed by atoms with E-state index in [2.05, 4.69) is 26.3 Å². The predicted molar refractivity (Wildman–Crippen MR) is 105 cm³/mol. The Balaban J connectivity index is 1.24. The Kier molecular flexibility index (Phi) is 5.80. The van der Waals surface area contributed by atoms with E-state index in [1.54, 1.807) is 0 Å². The van der Waals surface area contributed by atoms with Crippen LogP contribution in [0.1, 0.15) is 34.9 Å². The normalized spacial score (nSPS) is 17.5. The molecule has 3 aromatic rings. The van der Waals surface area contributed by atoms with Gasteiger partial charge in [0.05, 0.1) is 24.1 Å². The fraction of sp³-hybridized carbons (Fsp3) is 0.429. The maximum Gasteiger partial charge on any atom is 0.416 e. The summed E-state index contributed by atoms with van der Waals surface area (Å²) in [6.07, 6.45) is 1.28. The minimum Gasteiger partial charge on any atom is -0.493 e. The highest BCUT2D eigenvalue weighted by Gasteiger charge is 2.30. The lowest BCUT2D eigenvalue weighted by atomic mass is 10.0. The smallest absolute Gasteiger partial charge is 0.416 e. The van der Waals surface area contributed by atoms with Gasteiger partial charge in [-0.3, -0.25) is 14.7 Å². The molecule has 0 saturated carbocycles. The second-order valence-corrected chi connectivity index (χ2v) is 7.68. The molecule has 0 spiro atoms. The van der Waals surface area contributed by atoms with Gasteiger partial charge in [-0.1, -0.05) is 0 Å². The third-order valence-corrected chi connectivity index (χ3v) is 5.33. The summed E-state index contributed by atoms with van der Waals surface area (Å²) in [6, 6.07) is 6.81. The minimum absolute atomic E-state index is 0.366. The lowest BCUT2D eigenvalue weighted by molar-refractivity contribution is -0.137. The second kappa shape index (κ2) is 8.51. The lowest BCUT2D eigenvalue weighted by Crippen LogP contribution is -2.19. The van der Waals surface area contributed by atoms with E-state index >= 15 is 0 Å². The summed E-state index contributed by atoms with van der Waals surface area (Å²) in [5.41, 5.74) is 2.54. The Labute approximate surface area is 172 Å². The summed E-state index contributed by atoms with van der Waals surface area (Å²) in [6.45, 7) is 3.24. The van der Waals surface area contributed by atoms with Crippen LogP contribution in [-0.4, -0.2) is 44.6 Å². The summed E-state index contributed by atoms with van der Waals surface area (Å²) in [7, 11) is 1.92. The minimum atomic E-state index is -4.33. The molecule has 1 aromatic carbocycles. The van der Waals surface area contributed by atoms with Crippen LogP contribution in [0, 0.1) is 0 Å². The molecule has 2 aromatic heterocycles. The third-order valence-electron chi connectivity index (χ3n) is 5.33. The molecule has 1 saturated heterocycles. The number of nitrogens with one attached hydrogen (secondary N) is 1. The second-order valence-electron chi connectivity index (χ2n) is 7.68. The topological polar surface area (TPSA) is 59.0 Å². The van der Waals surface area contributed by atoms with Crippen molar-refractivity contribution >= 4 is 0 Å². The molecule has 9 heteroatoms. The molecule has 6 nitrogen and oxygen atoms in total. The maximum absolute atomic E-state index is 12.6. The van der Waals surface area contributed by atoms with Gasteiger partial charge in [0.25, 0.3) is 0 Å². The lowest BCUT2D eigenvalue weighted by Gasteiger charge is -2.13. The van der Waals surface area contributed by atoms with Crippen LogP contribution >= 0.6 is 0 Å². The van der Waals surface area contributed by atoms with Crippen LogP contribution in [0.25, 0.3) is 0 Å². The Morgan fingerprint density at radius 2 is 2.03 bits per heavy atom. The van der Waals surface area contributed by atoms with E-state index in [0.29, 0.717) is 24.7 Å². The van der Waals surface area contributed by atoms with Crippen LogP contribution in [-0.2, 0) is 26.2 Å². The summed E-state index contributed by atoms with van der Waals surface area (Å²) in [5.74, 6) is 0.812. The van der Waals surface area contributed by atoms with Crippen LogP contribution in [0.5, 0.6) is 5.75 Å². The number of benzene rings is 1.